The molecule has 1 saturated carbocycles. The van der Waals surface area contributed by atoms with Crippen LogP contribution in [0.5, 0.6) is 0 Å². The van der Waals surface area contributed by atoms with Crippen molar-refractivity contribution in [2.45, 2.75) is 43.1 Å². The lowest BCUT2D eigenvalue weighted by Crippen LogP contribution is -2.21. The van der Waals surface area contributed by atoms with Crippen LogP contribution in [0.1, 0.15) is 32.1 Å². The van der Waals surface area contributed by atoms with Crippen LogP contribution in [0.25, 0.3) is 0 Å². The molecule has 1 fully saturated rings. The summed E-state index contributed by atoms with van der Waals surface area (Å²) in [4.78, 5) is 3.70. The molecule has 0 radical (unpaired) electrons. The average Bonchev–Trinajstić information content (AvgIpc) is 2.30. The number of hydrogen-bond acceptors (Lipinski definition) is 4. The Hall–Kier alpha value is -0.650. The number of halogens is 1. The van der Waals surface area contributed by atoms with E-state index in [4.69, 9.17) is 15.8 Å². The average molecular weight is 276 g/mol. The fourth-order valence-corrected chi connectivity index (χ4v) is 3.51. The van der Waals surface area contributed by atoms with Crippen molar-refractivity contribution in [1.29, 1.82) is 0 Å². The van der Waals surface area contributed by atoms with Crippen molar-refractivity contribution in [3.05, 3.63) is 23.5 Å². The maximum absolute atomic E-state index is 12.0. The van der Waals surface area contributed by atoms with Crippen molar-refractivity contribution in [3.8, 4) is 0 Å². The molecule has 2 rings (SSSR count). The summed E-state index contributed by atoms with van der Waals surface area (Å²) in [7, 11) is -3.79. The lowest BCUT2D eigenvalue weighted by Gasteiger charge is -2.21. The minimum absolute atomic E-state index is 0.0386. The number of aromatic nitrogens is 1. The van der Waals surface area contributed by atoms with Gasteiger partial charge in [-0.3, -0.25) is 4.18 Å². The zero-order valence-corrected chi connectivity index (χ0v) is 10.9. The van der Waals surface area contributed by atoms with Gasteiger partial charge < -0.3 is 0 Å². The number of hydrogen-bond donors (Lipinski definition) is 0. The third kappa shape index (κ3) is 3.18. The predicted molar refractivity (Wildman–Crippen MR) is 64.4 cm³/mol. The molecule has 4 nitrogen and oxygen atoms in total. The first-order valence-electron chi connectivity index (χ1n) is 5.63. The summed E-state index contributed by atoms with van der Waals surface area (Å²) in [6.45, 7) is 0. The monoisotopic (exact) mass is 275 g/mol. The Balaban J connectivity index is 2.16. The Morgan fingerprint density at radius 1 is 1.29 bits per heavy atom. The summed E-state index contributed by atoms with van der Waals surface area (Å²) >= 11 is 5.76. The van der Waals surface area contributed by atoms with E-state index in [2.05, 4.69) is 4.98 Å². The van der Waals surface area contributed by atoms with Gasteiger partial charge in [-0.15, -0.1) is 0 Å². The first kappa shape index (κ1) is 12.8. The van der Waals surface area contributed by atoms with Crippen molar-refractivity contribution in [2.24, 2.45) is 0 Å². The molecule has 0 N–H and O–H groups in total. The molecule has 0 atom stereocenters. The number of nitrogens with zero attached hydrogens (tertiary/aromatic N) is 1. The summed E-state index contributed by atoms with van der Waals surface area (Å²) in [6.07, 6.45) is 5.98. The van der Waals surface area contributed by atoms with E-state index in [0.717, 1.165) is 32.1 Å². The summed E-state index contributed by atoms with van der Waals surface area (Å²) in [6, 6.07) is 2.94. The van der Waals surface area contributed by atoms with Crippen molar-refractivity contribution in [1.82, 2.24) is 4.98 Å². The van der Waals surface area contributed by atoms with E-state index in [1.54, 1.807) is 0 Å². The van der Waals surface area contributed by atoms with Gasteiger partial charge in [0.2, 0.25) is 0 Å². The predicted octanol–water partition coefficient (Wildman–Crippen LogP) is 2.77. The van der Waals surface area contributed by atoms with E-state index in [1.165, 1.54) is 18.3 Å². The van der Waals surface area contributed by atoms with Crippen LogP contribution >= 0.6 is 11.6 Å². The highest BCUT2D eigenvalue weighted by Gasteiger charge is 2.25. The first-order valence-corrected chi connectivity index (χ1v) is 7.42. The molecule has 94 valence electrons. The molecule has 1 aliphatic rings. The molecule has 0 spiro atoms. The minimum atomic E-state index is -3.79. The van der Waals surface area contributed by atoms with Gasteiger partial charge in [0.25, 0.3) is 10.1 Å². The Morgan fingerprint density at radius 3 is 2.65 bits per heavy atom. The van der Waals surface area contributed by atoms with Crippen LogP contribution in [0.2, 0.25) is 5.15 Å². The lowest BCUT2D eigenvalue weighted by atomic mass is 9.98. The van der Waals surface area contributed by atoms with Crippen LogP contribution in [0.4, 0.5) is 0 Å². The molecule has 0 saturated heterocycles. The molecule has 1 heterocycles. The molecule has 0 amide bonds. The van der Waals surface area contributed by atoms with E-state index in [-0.39, 0.29) is 16.2 Å². The van der Waals surface area contributed by atoms with Gasteiger partial charge in [0.1, 0.15) is 10.0 Å². The molecule has 1 aromatic heterocycles. The van der Waals surface area contributed by atoms with Gasteiger partial charge in [0, 0.05) is 6.20 Å². The summed E-state index contributed by atoms with van der Waals surface area (Å²) in [5, 5.41) is -0.0386. The number of rotatable bonds is 3. The Morgan fingerprint density at radius 2 is 2.00 bits per heavy atom. The van der Waals surface area contributed by atoms with Gasteiger partial charge in [-0.25, -0.2) is 4.98 Å². The van der Waals surface area contributed by atoms with Crippen LogP contribution in [0.15, 0.2) is 23.2 Å². The molecule has 1 aliphatic carbocycles. The van der Waals surface area contributed by atoms with E-state index in [0.29, 0.717) is 0 Å². The largest absolute Gasteiger partial charge is 0.300 e. The van der Waals surface area contributed by atoms with E-state index in [9.17, 15) is 8.42 Å². The molecule has 6 heteroatoms. The summed E-state index contributed by atoms with van der Waals surface area (Å²) in [5.74, 6) is 0. The minimum Gasteiger partial charge on any atom is -0.263 e. The third-order valence-electron chi connectivity index (χ3n) is 2.81. The smallest absolute Gasteiger partial charge is 0.263 e. The van der Waals surface area contributed by atoms with Crippen LogP contribution in [0, 0.1) is 0 Å². The Labute approximate surface area is 106 Å². The topological polar surface area (TPSA) is 56.3 Å². The van der Waals surface area contributed by atoms with Gasteiger partial charge in [0.15, 0.2) is 0 Å². The summed E-state index contributed by atoms with van der Waals surface area (Å²) in [5.41, 5.74) is 0. The normalized spacial score (nSPS) is 18.2. The van der Waals surface area contributed by atoms with Crippen LogP contribution in [0.3, 0.4) is 0 Å². The van der Waals surface area contributed by atoms with Gasteiger partial charge in [-0.2, -0.15) is 8.42 Å². The quantitative estimate of drug-likeness (QED) is 0.629. The van der Waals surface area contributed by atoms with Crippen molar-refractivity contribution in [2.75, 3.05) is 0 Å². The Kier molecular flexibility index (Phi) is 4.01. The second-order valence-electron chi connectivity index (χ2n) is 4.10. The second kappa shape index (κ2) is 5.33. The maximum atomic E-state index is 12.0. The van der Waals surface area contributed by atoms with Crippen LogP contribution in [-0.2, 0) is 14.3 Å². The van der Waals surface area contributed by atoms with E-state index < -0.39 is 10.1 Å². The second-order valence-corrected chi connectivity index (χ2v) is 6.00. The summed E-state index contributed by atoms with van der Waals surface area (Å²) < 4.78 is 29.1. The molecule has 0 unspecified atom stereocenters. The van der Waals surface area contributed by atoms with Crippen LogP contribution in [-0.4, -0.2) is 19.5 Å². The number of pyridine rings is 1. The molecular formula is C11H14ClNO3S. The van der Waals surface area contributed by atoms with Crippen molar-refractivity contribution in [3.63, 3.8) is 0 Å². The zero-order valence-electron chi connectivity index (χ0n) is 9.30. The zero-order chi connectivity index (χ0) is 12.3. The van der Waals surface area contributed by atoms with E-state index in [1.807, 2.05) is 0 Å². The SMILES string of the molecule is O=S(=O)(OC1CCCCC1)c1cccnc1Cl. The molecule has 0 bridgehead atoms. The highest BCUT2D eigenvalue weighted by atomic mass is 35.5. The van der Waals surface area contributed by atoms with E-state index >= 15 is 0 Å². The van der Waals surface area contributed by atoms with Gasteiger partial charge in [0.05, 0.1) is 6.10 Å². The highest BCUT2D eigenvalue weighted by molar-refractivity contribution is 7.86. The third-order valence-corrected chi connectivity index (χ3v) is 4.62. The molecule has 1 aromatic rings. The van der Waals surface area contributed by atoms with Crippen molar-refractivity contribution >= 4 is 21.7 Å². The molecule has 0 aliphatic heterocycles. The molecule has 0 aromatic carbocycles. The standard InChI is InChI=1S/C11H14ClNO3S/c12-11-10(7-4-8-13-11)17(14,15)16-9-5-2-1-3-6-9/h4,7-9H,1-3,5-6H2. The van der Waals surface area contributed by atoms with Crippen LogP contribution < -0.4 is 0 Å². The maximum Gasteiger partial charge on any atom is 0.300 e. The molecule has 17 heavy (non-hydrogen) atoms. The lowest BCUT2D eigenvalue weighted by molar-refractivity contribution is 0.162. The Bertz CT molecular complexity index is 483. The van der Waals surface area contributed by atoms with Gasteiger partial charge >= 0.3 is 0 Å². The van der Waals surface area contributed by atoms with Gasteiger partial charge in [-0.1, -0.05) is 30.9 Å². The first-order chi connectivity index (χ1) is 8.09. The van der Waals surface area contributed by atoms with Crippen molar-refractivity contribution < 1.29 is 12.6 Å². The highest BCUT2D eigenvalue weighted by Crippen LogP contribution is 2.26. The molecular weight excluding hydrogens is 262 g/mol. The fraction of sp³-hybridized carbons (Fsp3) is 0.545. The van der Waals surface area contributed by atoms with Gasteiger partial charge in [-0.05, 0) is 25.0 Å². The fourth-order valence-electron chi connectivity index (χ4n) is 1.95.